The van der Waals surface area contributed by atoms with Crippen LogP contribution in [0.2, 0.25) is 0 Å². The average Bonchev–Trinajstić information content (AvgIpc) is 2.89. The molecule has 0 aliphatic carbocycles. The number of benzene rings is 1. The molecule has 0 bridgehead atoms. The molecule has 0 aliphatic heterocycles. The van der Waals surface area contributed by atoms with Gasteiger partial charge in [-0.15, -0.1) is 0 Å². The molecule has 0 radical (unpaired) electrons. The first kappa shape index (κ1) is 14.5. The molecule has 2 rings (SSSR count). The Morgan fingerprint density at radius 3 is 2.60 bits per heavy atom. The van der Waals surface area contributed by atoms with E-state index in [1.807, 2.05) is 38.1 Å². The lowest BCUT2D eigenvalue weighted by Crippen LogP contribution is -2.19. The molecule has 0 atom stereocenters. The van der Waals surface area contributed by atoms with Crippen LogP contribution >= 0.6 is 0 Å². The first-order valence-electron chi connectivity index (χ1n) is 6.81. The Morgan fingerprint density at radius 1 is 1.25 bits per heavy atom. The summed E-state index contributed by atoms with van der Waals surface area (Å²) in [7, 11) is 0. The summed E-state index contributed by atoms with van der Waals surface area (Å²) in [6.45, 7) is 7.23. The maximum Gasteiger partial charge on any atom is 0.236 e. The minimum absolute atomic E-state index is 0.357. The summed E-state index contributed by atoms with van der Waals surface area (Å²) in [5.74, 6) is 1.16. The molecule has 5 heteroatoms. The number of nitrogens with zero attached hydrogens (tertiary/aromatic N) is 2. The van der Waals surface area contributed by atoms with E-state index in [2.05, 4.69) is 17.1 Å². The van der Waals surface area contributed by atoms with Gasteiger partial charge in [0, 0.05) is 12.3 Å². The summed E-state index contributed by atoms with van der Waals surface area (Å²) in [5, 5.41) is 3.96. The third-order valence-electron chi connectivity index (χ3n) is 3.21. The van der Waals surface area contributed by atoms with Crippen LogP contribution in [-0.2, 0) is 16.8 Å². The van der Waals surface area contributed by atoms with E-state index in [1.165, 1.54) is 0 Å². The Balaban J connectivity index is 2.15. The lowest BCUT2D eigenvalue weighted by atomic mass is 9.84. The van der Waals surface area contributed by atoms with Gasteiger partial charge in [0.25, 0.3) is 0 Å². The van der Waals surface area contributed by atoms with Gasteiger partial charge in [0.2, 0.25) is 5.89 Å². The highest BCUT2D eigenvalue weighted by Crippen LogP contribution is 2.30. The van der Waals surface area contributed by atoms with Crippen molar-refractivity contribution in [1.82, 2.24) is 10.1 Å². The maximum atomic E-state index is 5.71. The van der Waals surface area contributed by atoms with Crippen molar-refractivity contribution < 1.29 is 9.26 Å². The zero-order valence-corrected chi connectivity index (χ0v) is 12.2. The SMILES string of the molecule is CCCOCc1noc(C(C)(C)c2ccc(N)cc2)n1. The van der Waals surface area contributed by atoms with Crippen molar-refractivity contribution >= 4 is 5.69 Å². The standard InChI is InChI=1S/C15H21N3O2/c1-4-9-19-10-13-17-14(20-18-13)15(2,3)11-5-7-12(16)8-6-11/h5-8H,4,9-10,16H2,1-3H3. The van der Waals surface area contributed by atoms with Crippen LogP contribution < -0.4 is 5.73 Å². The number of nitrogen functional groups attached to an aromatic ring is 1. The van der Waals surface area contributed by atoms with E-state index < -0.39 is 0 Å². The molecule has 0 unspecified atom stereocenters. The van der Waals surface area contributed by atoms with Crippen LogP contribution in [0.3, 0.4) is 0 Å². The molecule has 1 heterocycles. The highest BCUT2D eigenvalue weighted by molar-refractivity contribution is 5.42. The molecular formula is C15H21N3O2. The third kappa shape index (κ3) is 3.17. The summed E-state index contributed by atoms with van der Waals surface area (Å²) < 4.78 is 10.8. The molecule has 0 aliphatic rings. The molecule has 0 saturated carbocycles. The van der Waals surface area contributed by atoms with Crippen molar-refractivity contribution in [2.45, 2.75) is 39.2 Å². The zero-order valence-electron chi connectivity index (χ0n) is 12.2. The van der Waals surface area contributed by atoms with Gasteiger partial charge in [-0.2, -0.15) is 4.98 Å². The fourth-order valence-electron chi connectivity index (χ4n) is 1.90. The number of nitrogens with two attached hydrogens (primary N) is 1. The summed E-state index contributed by atoms with van der Waals surface area (Å²) in [6, 6.07) is 7.71. The number of aromatic nitrogens is 2. The van der Waals surface area contributed by atoms with Crippen molar-refractivity contribution in [3.8, 4) is 0 Å². The molecule has 1 aromatic carbocycles. The topological polar surface area (TPSA) is 74.2 Å². The Morgan fingerprint density at radius 2 is 1.95 bits per heavy atom. The first-order valence-corrected chi connectivity index (χ1v) is 6.81. The van der Waals surface area contributed by atoms with E-state index in [4.69, 9.17) is 15.0 Å². The summed E-state index contributed by atoms with van der Waals surface area (Å²) in [5.41, 5.74) is 7.17. The fraction of sp³-hybridized carbons (Fsp3) is 0.467. The number of anilines is 1. The van der Waals surface area contributed by atoms with Crippen molar-refractivity contribution in [3.63, 3.8) is 0 Å². The molecule has 2 N–H and O–H groups in total. The highest BCUT2D eigenvalue weighted by atomic mass is 16.5. The van der Waals surface area contributed by atoms with E-state index in [0.29, 0.717) is 24.9 Å². The van der Waals surface area contributed by atoms with Crippen LogP contribution in [0.15, 0.2) is 28.8 Å². The largest absolute Gasteiger partial charge is 0.399 e. The normalized spacial score (nSPS) is 11.8. The van der Waals surface area contributed by atoms with Gasteiger partial charge in [0.1, 0.15) is 6.61 Å². The van der Waals surface area contributed by atoms with E-state index in [-0.39, 0.29) is 5.41 Å². The predicted octanol–water partition coefficient (Wildman–Crippen LogP) is 2.90. The Labute approximate surface area is 119 Å². The van der Waals surface area contributed by atoms with Crippen molar-refractivity contribution in [2.24, 2.45) is 0 Å². The van der Waals surface area contributed by atoms with Gasteiger partial charge in [-0.1, -0.05) is 24.2 Å². The maximum absolute atomic E-state index is 5.71. The minimum Gasteiger partial charge on any atom is -0.399 e. The molecule has 108 valence electrons. The van der Waals surface area contributed by atoms with Gasteiger partial charge in [-0.3, -0.25) is 0 Å². The average molecular weight is 275 g/mol. The number of ether oxygens (including phenoxy) is 1. The molecule has 0 saturated heterocycles. The lowest BCUT2D eigenvalue weighted by molar-refractivity contribution is 0.114. The minimum atomic E-state index is -0.357. The second-order valence-corrected chi connectivity index (χ2v) is 5.32. The van der Waals surface area contributed by atoms with E-state index in [9.17, 15) is 0 Å². The second-order valence-electron chi connectivity index (χ2n) is 5.32. The second kappa shape index (κ2) is 6.05. The molecule has 0 amide bonds. The van der Waals surface area contributed by atoms with Gasteiger partial charge in [-0.25, -0.2) is 0 Å². The van der Waals surface area contributed by atoms with Crippen LogP contribution in [0.5, 0.6) is 0 Å². The number of hydrogen-bond acceptors (Lipinski definition) is 5. The molecule has 5 nitrogen and oxygen atoms in total. The molecule has 0 fully saturated rings. The first-order chi connectivity index (χ1) is 9.54. The van der Waals surface area contributed by atoms with E-state index in [0.717, 1.165) is 17.7 Å². The smallest absolute Gasteiger partial charge is 0.236 e. The van der Waals surface area contributed by atoms with Gasteiger partial charge in [0.15, 0.2) is 5.82 Å². The highest BCUT2D eigenvalue weighted by Gasteiger charge is 2.29. The van der Waals surface area contributed by atoms with Gasteiger partial charge in [-0.05, 0) is 38.0 Å². The van der Waals surface area contributed by atoms with E-state index in [1.54, 1.807) is 0 Å². The fourth-order valence-corrected chi connectivity index (χ4v) is 1.90. The zero-order chi connectivity index (χ0) is 14.6. The quantitative estimate of drug-likeness (QED) is 0.648. The van der Waals surface area contributed by atoms with Crippen LogP contribution in [0.4, 0.5) is 5.69 Å². The molecule has 1 aromatic heterocycles. The molecule has 20 heavy (non-hydrogen) atoms. The third-order valence-corrected chi connectivity index (χ3v) is 3.21. The van der Waals surface area contributed by atoms with Crippen molar-refractivity contribution in [2.75, 3.05) is 12.3 Å². The Hall–Kier alpha value is -1.88. The van der Waals surface area contributed by atoms with Crippen LogP contribution in [0.1, 0.15) is 44.5 Å². The summed E-state index contributed by atoms with van der Waals surface area (Å²) >= 11 is 0. The van der Waals surface area contributed by atoms with E-state index >= 15 is 0 Å². The number of hydrogen-bond donors (Lipinski definition) is 1. The van der Waals surface area contributed by atoms with Crippen molar-refractivity contribution in [1.29, 1.82) is 0 Å². The Bertz CT molecular complexity index is 547. The van der Waals surface area contributed by atoms with Gasteiger partial charge in [0.05, 0.1) is 5.41 Å². The monoisotopic (exact) mass is 275 g/mol. The predicted molar refractivity (Wildman–Crippen MR) is 77.2 cm³/mol. The van der Waals surface area contributed by atoms with Crippen LogP contribution in [0.25, 0.3) is 0 Å². The van der Waals surface area contributed by atoms with Gasteiger partial charge >= 0.3 is 0 Å². The van der Waals surface area contributed by atoms with Gasteiger partial charge < -0.3 is 15.0 Å². The molecule has 0 spiro atoms. The van der Waals surface area contributed by atoms with Crippen LogP contribution in [-0.4, -0.2) is 16.7 Å². The van der Waals surface area contributed by atoms with Crippen molar-refractivity contribution in [3.05, 3.63) is 41.5 Å². The summed E-state index contributed by atoms with van der Waals surface area (Å²) in [6.07, 6.45) is 0.974. The lowest BCUT2D eigenvalue weighted by Gasteiger charge is -2.20. The molecular weight excluding hydrogens is 254 g/mol. The summed E-state index contributed by atoms with van der Waals surface area (Å²) in [4.78, 5) is 4.42. The molecule has 2 aromatic rings. The number of rotatable bonds is 6. The van der Waals surface area contributed by atoms with Crippen LogP contribution in [0, 0.1) is 0 Å². The Kier molecular flexibility index (Phi) is 4.39.